The molecule has 1 fully saturated rings. The highest BCUT2D eigenvalue weighted by Gasteiger charge is 2.58. The molecular weight excluding hydrogens is 387 g/mol. The third-order valence-corrected chi connectivity index (χ3v) is 5.77. The van der Waals surface area contributed by atoms with Gasteiger partial charge in [-0.3, -0.25) is 9.59 Å². The molecule has 0 atom stereocenters. The molecule has 0 heterocycles. The van der Waals surface area contributed by atoms with E-state index in [1.54, 1.807) is 0 Å². The van der Waals surface area contributed by atoms with Crippen molar-refractivity contribution in [3.8, 4) is 0 Å². The van der Waals surface area contributed by atoms with Crippen LogP contribution in [0.4, 0.5) is 0 Å². The van der Waals surface area contributed by atoms with Gasteiger partial charge in [0.1, 0.15) is 0 Å². The number of fused-ring (bicyclic) bond motifs is 1. The molecule has 0 aromatic heterocycles. The van der Waals surface area contributed by atoms with E-state index in [0.29, 0.717) is 0 Å². The van der Waals surface area contributed by atoms with E-state index >= 15 is 0 Å². The fourth-order valence-electron chi connectivity index (χ4n) is 3.76. The first kappa shape index (κ1) is 16.2. The summed E-state index contributed by atoms with van der Waals surface area (Å²) in [6.45, 7) is 10.5. The number of hydrogen-bond donors (Lipinski definition) is 0. The van der Waals surface area contributed by atoms with Gasteiger partial charge in [0.25, 0.3) is 0 Å². The Balaban J connectivity index is 2.35. The SMILES string of the molecule is CC(C)(C)c1ccc(C(C)(C)I)c2c1C(=O)C1(CCC1)C2=O. The van der Waals surface area contributed by atoms with Gasteiger partial charge in [0.2, 0.25) is 0 Å². The van der Waals surface area contributed by atoms with Crippen LogP contribution in [-0.2, 0) is 8.84 Å². The molecule has 1 saturated carbocycles. The molecular formula is C19H23IO2. The quantitative estimate of drug-likeness (QED) is 0.362. The predicted octanol–water partition coefficient (Wildman–Crippen LogP) is 5.20. The molecule has 3 heteroatoms. The maximum Gasteiger partial charge on any atom is 0.177 e. The van der Waals surface area contributed by atoms with Crippen LogP contribution in [0.15, 0.2) is 12.1 Å². The van der Waals surface area contributed by atoms with E-state index in [1.807, 2.05) is 0 Å². The lowest BCUT2D eigenvalue weighted by atomic mass is 9.65. The molecule has 1 aromatic carbocycles. The first-order chi connectivity index (χ1) is 10.00. The first-order valence-electron chi connectivity index (χ1n) is 7.97. The molecule has 3 rings (SSSR count). The minimum Gasteiger partial charge on any atom is -0.293 e. The number of alkyl halides is 1. The summed E-state index contributed by atoms with van der Waals surface area (Å²) in [7, 11) is 0. The Morgan fingerprint density at radius 2 is 1.36 bits per heavy atom. The van der Waals surface area contributed by atoms with Crippen molar-refractivity contribution in [2.75, 3.05) is 0 Å². The van der Waals surface area contributed by atoms with E-state index in [4.69, 9.17) is 0 Å². The van der Waals surface area contributed by atoms with Crippen molar-refractivity contribution in [1.82, 2.24) is 0 Å². The number of Topliss-reactive ketones (excluding diaryl/α,β-unsaturated/α-hetero) is 2. The zero-order chi connectivity index (χ0) is 16.5. The lowest BCUT2D eigenvalue weighted by molar-refractivity contribution is 0.0544. The van der Waals surface area contributed by atoms with Crippen molar-refractivity contribution in [3.05, 3.63) is 34.4 Å². The standard InChI is InChI=1S/C19H23IO2/c1-17(2,3)11-7-8-12(18(4,5)20)14-13(11)15(21)19(16(14)22)9-6-10-19/h7-8H,6,9-10H2,1-5H3. The summed E-state index contributed by atoms with van der Waals surface area (Å²) < 4.78 is -0.163. The van der Waals surface area contributed by atoms with Crippen LogP contribution in [0, 0.1) is 5.41 Å². The second-order valence-corrected chi connectivity index (χ2v) is 10.9. The van der Waals surface area contributed by atoms with Crippen molar-refractivity contribution in [2.45, 2.75) is 62.7 Å². The third kappa shape index (κ3) is 2.04. The number of halogens is 1. The second-order valence-electron chi connectivity index (χ2n) is 8.23. The fourth-order valence-corrected chi connectivity index (χ4v) is 4.21. The summed E-state index contributed by atoms with van der Waals surface area (Å²) in [5.74, 6) is 0.177. The molecule has 0 bridgehead atoms. The summed E-state index contributed by atoms with van der Waals surface area (Å²) in [5, 5.41) is 0. The lowest BCUT2D eigenvalue weighted by Gasteiger charge is -2.34. The van der Waals surface area contributed by atoms with E-state index in [2.05, 4.69) is 69.3 Å². The van der Waals surface area contributed by atoms with Gasteiger partial charge in [-0.2, -0.15) is 0 Å². The smallest absolute Gasteiger partial charge is 0.177 e. The van der Waals surface area contributed by atoms with Crippen LogP contribution in [-0.4, -0.2) is 11.6 Å². The van der Waals surface area contributed by atoms with Crippen molar-refractivity contribution in [2.24, 2.45) is 5.41 Å². The molecule has 1 spiro atoms. The Bertz CT molecular complexity index is 628. The molecule has 0 saturated heterocycles. The van der Waals surface area contributed by atoms with Gasteiger partial charge in [0.05, 0.1) is 5.41 Å². The van der Waals surface area contributed by atoms with Crippen LogP contribution in [0.25, 0.3) is 0 Å². The second kappa shape index (κ2) is 4.65. The van der Waals surface area contributed by atoms with E-state index in [0.717, 1.165) is 41.5 Å². The largest absolute Gasteiger partial charge is 0.293 e. The van der Waals surface area contributed by atoms with Gasteiger partial charge in [-0.25, -0.2) is 0 Å². The van der Waals surface area contributed by atoms with Gasteiger partial charge in [0, 0.05) is 14.5 Å². The number of carbonyl (C=O) groups is 2. The highest BCUT2D eigenvalue weighted by Crippen LogP contribution is 2.54. The molecule has 2 nitrogen and oxygen atoms in total. The Labute approximate surface area is 146 Å². The van der Waals surface area contributed by atoms with Crippen molar-refractivity contribution >= 4 is 34.2 Å². The Kier molecular flexibility index (Phi) is 3.42. The van der Waals surface area contributed by atoms with Crippen LogP contribution < -0.4 is 0 Å². The highest BCUT2D eigenvalue weighted by atomic mass is 127. The molecule has 0 unspecified atom stereocenters. The van der Waals surface area contributed by atoms with E-state index in [-0.39, 0.29) is 20.4 Å². The minimum absolute atomic E-state index is 0.0876. The van der Waals surface area contributed by atoms with Crippen LogP contribution in [0.1, 0.15) is 85.7 Å². The summed E-state index contributed by atoms with van der Waals surface area (Å²) in [6, 6.07) is 4.13. The molecule has 0 aliphatic heterocycles. The number of carbonyl (C=O) groups excluding carboxylic acids is 2. The van der Waals surface area contributed by atoms with Gasteiger partial charge >= 0.3 is 0 Å². The van der Waals surface area contributed by atoms with E-state index < -0.39 is 5.41 Å². The van der Waals surface area contributed by atoms with Crippen LogP contribution in [0.5, 0.6) is 0 Å². The maximum absolute atomic E-state index is 13.1. The Morgan fingerprint density at radius 1 is 0.909 bits per heavy atom. The highest BCUT2D eigenvalue weighted by molar-refractivity contribution is 14.1. The lowest BCUT2D eigenvalue weighted by Crippen LogP contribution is -2.40. The van der Waals surface area contributed by atoms with Crippen LogP contribution >= 0.6 is 22.6 Å². The summed E-state index contributed by atoms with van der Waals surface area (Å²) >= 11 is 2.36. The van der Waals surface area contributed by atoms with Gasteiger partial charge in [-0.05, 0) is 43.2 Å². The number of ketones is 2. The van der Waals surface area contributed by atoms with Crippen molar-refractivity contribution < 1.29 is 9.59 Å². The summed E-state index contributed by atoms with van der Waals surface area (Å²) in [6.07, 6.45) is 2.44. The summed E-state index contributed by atoms with van der Waals surface area (Å²) in [5.41, 5.74) is 2.62. The number of benzene rings is 1. The Hall–Kier alpha value is -0.710. The molecule has 2 aliphatic rings. The Morgan fingerprint density at radius 3 is 1.73 bits per heavy atom. The zero-order valence-electron chi connectivity index (χ0n) is 14.0. The van der Waals surface area contributed by atoms with Gasteiger partial charge in [0.15, 0.2) is 11.6 Å². The average molecular weight is 410 g/mol. The molecule has 0 N–H and O–H groups in total. The fraction of sp³-hybridized carbons (Fsp3) is 0.579. The third-order valence-electron chi connectivity index (χ3n) is 5.18. The van der Waals surface area contributed by atoms with Crippen LogP contribution in [0.3, 0.4) is 0 Å². The molecule has 2 aliphatic carbocycles. The van der Waals surface area contributed by atoms with E-state index in [9.17, 15) is 9.59 Å². The van der Waals surface area contributed by atoms with Gasteiger partial charge < -0.3 is 0 Å². The average Bonchev–Trinajstić information content (AvgIpc) is 2.55. The predicted molar refractivity (Wildman–Crippen MR) is 97.1 cm³/mol. The number of hydrogen-bond acceptors (Lipinski definition) is 2. The molecule has 118 valence electrons. The molecule has 22 heavy (non-hydrogen) atoms. The van der Waals surface area contributed by atoms with E-state index in [1.165, 1.54) is 0 Å². The normalized spacial score (nSPS) is 20.3. The molecule has 0 amide bonds. The van der Waals surface area contributed by atoms with Crippen LogP contribution in [0.2, 0.25) is 0 Å². The van der Waals surface area contributed by atoms with Crippen molar-refractivity contribution in [3.63, 3.8) is 0 Å². The summed E-state index contributed by atoms with van der Waals surface area (Å²) in [4.78, 5) is 26.3. The molecule has 1 aromatic rings. The topological polar surface area (TPSA) is 34.1 Å². The van der Waals surface area contributed by atoms with Crippen molar-refractivity contribution in [1.29, 1.82) is 0 Å². The van der Waals surface area contributed by atoms with Gasteiger partial charge in [-0.1, -0.05) is 61.9 Å². The number of rotatable bonds is 1. The zero-order valence-corrected chi connectivity index (χ0v) is 16.1. The minimum atomic E-state index is -0.722. The maximum atomic E-state index is 13.1. The van der Waals surface area contributed by atoms with Gasteiger partial charge in [-0.15, -0.1) is 0 Å². The first-order valence-corrected chi connectivity index (χ1v) is 9.04. The molecule has 0 radical (unpaired) electrons. The monoisotopic (exact) mass is 410 g/mol.